The molecule has 3 nitrogen and oxygen atoms in total. The number of aromatic nitrogens is 1. The van der Waals surface area contributed by atoms with Gasteiger partial charge in [-0.1, -0.05) is 19.9 Å². The van der Waals surface area contributed by atoms with E-state index in [9.17, 15) is 5.11 Å². The number of hydrogen-bond acceptors (Lipinski definition) is 3. The van der Waals surface area contributed by atoms with Crippen molar-refractivity contribution in [2.75, 3.05) is 18.1 Å². The van der Waals surface area contributed by atoms with Gasteiger partial charge in [0, 0.05) is 12.7 Å². The van der Waals surface area contributed by atoms with Gasteiger partial charge < -0.3 is 10.0 Å². The predicted octanol–water partition coefficient (Wildman–Crippen LogP) is 2.17. The Labute approximate surface area is 97.1 Å². The zero-order chi connectivity index (χ0) is 11.5. The minimum Gasteiger partial charge on any atom is -0.394 e. The number of nitrogens with zero attached hydrogens (tertiary/aromatic N) is 2. The van der Waals surface area contributed by atoms with Crippen LogP contribution in [-0.4, -0.2) is 29.3 Å². The molecule has 0 amide bonds. The molecule has 0 aromatic carbocycles. The summed E-state index contributed by atoms with van der Waals surface area (Å²) >= 11 is 0. The van der Waals surface area contributed by atoms with Gasteiger partial charge in [0.1, 0.15) is 5.82 Å². The Hall–Kier alpha value is -1.09. The molecule has 1 fully saturated rings. The summed E-state index contributed by atoms with van der Waals surface area (Å²) in [4.78, 5) is 6.71. The predicted molar refractivity (Wildman–Crippen MR) is 65.8 cm³/mol. The fraction of sp³-hybridized carbons (Fsp3) is 0.615. The van der Waals surface area contributed by atoms with Crippen LogP contribution in [0.1, 0.15) is 38.2 Å². The SMILES string of the molecule is CC(C)c1ccc(N2CCC[C@H]2CO)nc1. The quantitative estimate of drug-likeness (QED) is 0.848. The van der Waals surface area contributed by atoms with Crippen LogP contribution in [0.4, 0.5) is 5.82 Å². The van der Waals surface area contributed by atoms with Gasteiger partial charge in [-0.05, 0) is 30.4 Å². The lowest BCUT2D eigenvalue weighted by molar-refractivity contribution is 0.266. The van der Waals surface area contributed by atoms with Crippen molar-refractivity contribution in [3.63, 3.8) is 0 Å². The second-order valence-electron chi connectivity index (χ2n) is 4.78. The van der Waals surface area contributed by atoms with Crippen LogP contribution >= 0.6 is 0 Å². The maximum atomic E-state index is 9.27. The summed E-state index contributed by atoms with van der Waals surface area (Å²) in [6, 6.07) is 4.47. The monoisotopic (exact) mass is 220 g/mol. The number of rotatable bonds is 3. The third-order valence-corrected chi connectivity index (χ3v) is 3.32. The molecule has 1 N–H and O–H groups in total. The van der Waals surface area contributed by atoms with Crippen molar-refractivity contribution in [3.8, 4) is 0 Å². The number of aliphatic hydroxyl groups excluding tert-OH is 1. The third-order valence-electron chi connectivity index (χ3n) is 3.32. The van der Waals surface area contributed by atoms with E-state index in [4.69, 9.17) is 0 Å². The Morgan fingerprint density at radius 2 is 2.31 bits per heavy atom. The topological polar surface area (TPSA) is 36.4 Å². The first-order chi connectivity index (χ1) is 7.72. The van der Waals surface area contributed by atoms with Crippen molar-refractivity contribution < 1.29 is 5.11 Å². The van der Waals surface area contributed by atoms with E-state index >= 15 is 0 Å². The summed E-state index contributed by atoms with van der Waals surface area (Å²) in [5.74, 6) is 1.52. The largest absolute Gasteiger partial charge is 0.394 e. The molecule has 0 radical (unpaired) electrons. The van der Waals surface area contributed by atoms with Gasteiger partial charge in [0.05, 0.1) is 12.6 Å². The van der Waals surface area contributed by atoms with E-state index in [1.807, 2.05) is 6.20 Å². The summed E-state index contributed by atoms with van der Waals surface area (Å²) in [6.07, 6.45) is 4.18. The first-order valence-corrected chi connectivity index (χ1v) is 6.06. The van der Waals surface area contributed by atoms with E-state index in [-0.39, 0.29) is 12.6 Å². The highest BCUT2D eigenvalue weighted by Crippen LogP contribution is 2.24. The first kappa shape index (κ1) is 11.4. The van der Waals surface area contributed by atoms with Crippen LogP contribution in [0.2, 0.25) is 0 Å². The average Bonchev–Trinajstić information content (AvgIpc) is 2.77. The number of anilines is 1. The van der Waals surface area contributed by atoms with Crippen molar-refractivity contribution in [2.24, 2.45) is 0 Å². The smallest absolute Gasteiger partial charge is 0.128 e. The minimum atomic E-state index is 0.230. The second-order valence-corrected chi connectivity index (χ2v) is 4.78. The van der Waals surface area contributed by atoms with Gasteiger partial charge in [0.15, 0.2) is 0 Å². The van der Waals surface area contributed by atoms with Crippen molar-refractivity contribution >= 4 is 5.82 Å². The summed E-state index contributed by atoms with van der Waals surface area (Å²) in [5.41, 5.74) is 1.27. The van der Waals surface area contributed by atoms with Gasteiger partial charge in [0.25, 0.3) is 0 Å². The third kappa shape index (κ3) is 2.19. The minimum absolute atomic E-state index is 0.230. The molecule has 1 saturated heterocycles. The molecule has 0 saturated carbocycles. The van der Waals surface area contributed by atoms with Crippen LogP contribution in [0.5, 0.6) is 0 Å². The molecule has 1 atom stereocenters. The van der Waals surface area contributed by atoms with Crippen molar-refractivity contribution in [1.82, 2.24) is 4.98 Å². The van der Waals surface area contributed by atoms with Gasteiger partial charge in [-0.3, -0.25) is 0 Å². The maximum Gasteiger partial charge on any atom is 0.128 e. The lowest BCUT2D eigenvalue weighted by atomic mass is 10.1. The molecule has 88 valence electrons. The van der Waals surface area contributed by atoms with Gasteiger partial charge >= 0.3 is 0 Å². The fourth-order valence-electron chi connectivity index (χ4n) is 2.24. The Bertz CT molecular complexity index is 334. The highest BCUT2D eigenvalue weighted by atomic mass is 16.3. The van der Waals surface area contributed by atoms with Crippen molar-refractivity contribution in [3.05, 3.63) is 23.9 Å². The second kappa shape index (κ2) is 4.83. The maximum absolute atomic E-state index is 9.27. The molecule has 0 aliphatic carbocycles. The highest BCUT2D eigenvalue weighted by molar-refractivity contribution is 5.42. The van der Waals surface area contributed by atoms with E-state index in [1.54, 1.807) is 0 Å². The van der Waals surface area contributed by atoms with Crippen LogP contribution < -0.4 is 4.90 Å². The lowest BCUT2D eigenvalue weighted by Crippen LogP contribution is -2.32. The van der Waals surface area contributed by atoms with E-state index in [0.717, 1.165) is 25.2 Å². The molecule has 2 heterocycles. The van der Waals surface area contributed by atoms with Crippen molar-refractivity contribution in [2.45, 2.75) is 38.6 Å². The molecule has 1 aliphatic rings. The van der Waals surface area contributed by atoms with E-state index in [1.165, 1.54) is 5.56 Å². The van der Waals surface area contributed by atoms with Crippen LogP contribution in [0.3, 0.4) is 0 Å². The lowest BCUT2D eigenvalue weighted by Gasteiger charge is -2.24. The normalized spacial score (nSPS) is 20.8. The molecule has 16 heavy (non-hydrogen) atoms. The average molecular weight is 220 g/mol. The summed E-state index contributed by atoms with van der Waals surface area (Å²) in [5, 5.41) is 9.27. The molecule has 0 spiro atoms. The zero-order valence-electron chi connectivity index (χ0n) is 10.1. The molecular formula is C13H20N2O. The number of pyridine rings is 1. The molecule has 1 aromatic rings. The molecule has 1 aromatic heterocycles. The molecule has 0 bridgehead atoms. The van der Waals surface area contributed by atoms with Gasteiger partial charge in [-0.25, -0.2) is 4.98 Å². The molecule has 1 aliphatic heterocycles. The Morgan fingerprint density at radius 1 is 1.50 bits per heavy atom. The van der Waals surface area contributed by atoms with E-state index < -0.39 is 0 Å². The molecular weight excluding hydrogens is 200 g/mol. The molecule has 2 rings (SSSR count). The van der Waals surface area contributed by atoms with Crippen LogP contribution in [0, 0.1) is 0 Å². The summed E-state index contributed by atoms with van der Waals surface area (Å²) in [6.45, 7) is 5.58. The molecule has 0 unspecified atom stereocenters. The van der Waals surface area contributed by atoms with Gasteiger partial charge in [-0.15, -0.1) is 0 Å². The summed E-state index contributed by atoms with van der Waals surface area (Å²) in [7, 11) is 0. The van der Waals surface area contributed by atoms with E-state index in [0.29, 0.717) is 5.92 Å². The van der Waals surface area contributed by atoms with Gasteiger partial charge in [-0.2, -0.15) is 0 Å². The van der Waals surface area contributed by atoms with Crippen LogP contribution in [-0.2, 0) is 0 Å². The standard InChI is InChI=1S/C13H20N2O/c1-10(2)11-5-6-13(14-8-11)15-7-3-4-12(15)9-16/h5-6,8,10,12,16H,3-4,7,9H2,1-2H3/t12-/m0/s1. The number of aliphatic hydroxyl groups is 1. The van der Waals surface area contributed by atoms with Gasteiger partial charge in [0.2, 0.25) is 0 Å². The van der Waals surface area contributed by atoms with Crippen molar-refractivity contribution in [1.29, 1.82) is 0 Å². The summed E-state index contributed by atoms with van der Waals surface area (Å²) < 4.78 is 0. The van der Waals surface area contributed by atoms with E-state index in [2.05, 4.69) is 35.9 Å². The van der Waals surface area contributed by atoms with Crippen LogP contribution in [0.25, 0.3) is 0 Å². The Balaban J connectivity index is 2.15. The first-order valence-electron chi connectivity index (χ1n) is 6.06. The van der Waals surface area contributed by atoms with Crippen LogP contribution in [0.15, 0.2) is 18.3 Å². The fourth-order valence-corrected chi connectivity index (χ4v) is 2.24. The molecule has 3 heteroatoms. The number of hydrogen-bond donors (Lipinski definition) is 1. The Kier molecular flexibility index (Phi) is 3.44. The zero-order valence-corrected chi connectivity index (χ0v) is 10.1. The highest BCUT2D eigenvalue weighted by Gasteiger charge is 2.24. The Morgan fingerprint density at radius 3 is 2.88 bits per heavy atom.